The lowest BCUT2D eigenvalue weighted by molar-refractivity contribution is 0.0680. The molecule has 0 spiro atoms. The Balaban J connectivity index is 1.70. The third-order valence-corrected chi connectivity index (χ3v) is 5.99. The Hall–Kier alpha value is -3.66. The van der Waals surface area contributed by atoms with Crippen LogP contribution in [0.2, 0.25) is 5.02 Å². The molecule has 0 unspecified atom stereocenters. The van der Waals surface area contributed by atoms with Crippen molar-refractivity contribution in [2.24, 2.45) is 0 Å². The number of hydrogen-bond donors (Lipinski definition) is 2. The van der Waals surface area contributed by atoms with E-state index in [-0.39, 0.29) is 48.5 Å². The fraction of sp³-hybridized carbons (Fsp3) is 0.304. The summed E-state index contributed by atoms with van der Waals surface area (Å²) in [6.45, 7) is 4.20. The van der Waals surface area contributed by atoms with Crippen molar-refractivity contribution in [3.63, 3.8) is 0 Å². The molecule has 4 rings (SSSR count). The molecule has 3 heterocycles. The molecule has 0 aliphatic carbocycles. The molecule has 0 saturated carbocycles. The minimum absolute atomic E-state index is 0.0530. The van der Waals surface area contributed by atoms with Crippen molar-refractivity contribution in [2.45, 2.75) is 39.4 Å². The Morgan fingerprint density at radius 1 is 1.29 bits per heavy atom. The summed E-state index contributed by atoms with van der Waals surface area (Å²) in [6.07, 6.45) is 1.27. The first kappa shape index (κ1) is 23.5. The Morgan fingerprint density at radius 3 is 2.71 bits per heavy atom. The van der Waals surface area contributed by atoms with Gasteiger partial charge < -0.3 is 24.4 Å². The third-order valence-electron chi connectivity index (χ3n) is 5.70. The minimum Gasteiger partial charge on any atom is -0.503 e. The number of benzene rings is 1. The maximum Gasteiger partial charge on any atom is 0.274 e. The molecule has 0 fully saturated rings. The van der Waals surface area contributed by atoms with Gasteiger partial charge in [0.2, 0.25) is 5.43 Å². The highest BCUT2D eigenvalue weighted by atomic mass is 35.5. The molecule has 0 bridgehead atoms. The second-order valence-corrected chi connectivity index (χ2v) is 8.64. The summed E-state index contributed by atoms with van der Waals surface area (Å²) in [4.78, 5) is 40.1. The summed E-state index contributed by atoms with van der Waals surface area (Å²) >= 11 is 5.85. The van der Waals surface area contributed by atoms with E-state index in [0.29, 0.717) is 16.8 Å². The minimum atomic E-state index is -0.660. The predicted octanol–water partition coefficient (Wildman–Crippen LogP) is 3.04. The summed E-state index contributed by atoms with van der Waals surface area (Å²) in [5, 5.41) is 16.9. The molecule has 178 valence electrons. The van der Waals surface area contributed by atoms with Crippen LogP contribution < -0.4 is 10.7 Å². The molecule has 34 heavy (non-hydrogen) atoms. The van der Waals surface area contributed by atoms with Crippen LogP contribution in [0.3, 0.4) is 0 Å². The third kappa shape index (κ3) is 4.28. The first-order valence-corrected chi connectivity index (χ1v) is 11.0. The number of carbonyl (C=O) groups is 2. The molecule has 2 amide bonds. The van der Waals surface area contributed by atoms with Gasteiger partial charge in [-0.1, -0.05) is 36.7 Å². The van der Waals surface area contributed by atoms with Crippen LogP contribution in [0, 0.1) is 5.82 Å². The number of aromatic hydroxyl groups is 1. The SMILES string of the molecule is CC(C)c1c(CNC(=O)c2ccon2)n2c(c(O)c1=O)C(=O)N(Cc1ccc(F)c(Cl)c1)CC2. The van der Waals surface area contributed by atoms with E-state index in [0.717, 1.165) is 0 Å². The maximum atomic E-state index is 13.5. The van der Waals surface area contributed by atoms with E-state index in [2.05, 4.69) is 15.0 Å². The molecule has 2 N–H and O–H groups in total. The average Bonchev–Trinajstić information content (AvgIpc) is 3.33. The van der Waals surface area contributed by atoms with Crippen molar-refractivity contribution in [1.29, 1.82) is 0 Å². The van der Waals surface area contributed by atoms with Gasteiger partial charge in [0, 0.05) is 37.0 Å². The van der Waals surface area contributed by atoms with Gasteiger partial charge in [0.05, 0.1) is 11.6 Å². The van der Waals surface area contributed by atoms with Crippen LogP contribution >= 0.6 is 11.6 Å². The van der Waals surface area contributed by atoms with E-state index in [1.807, 2.05) is 0 Å². The van der Waals surface area contributed by atoms with Crippen molar-refractivity contribution in [1.82, 2.24) is 19.9 Å². The molecule has 1 aromatic carbocycles. The van der Waals surface area contributed by atoms with Crippen LogP contribution in [-0.2, 0) is 19.6 Å². The lowest BCUT2D eigenvalue weighted by Crippen LogP contribution is -2.43. The number of hydrogen-bond acceptors (Lipinski definition) is 6. The van der Waals surface area contributed by atoms with Gasteiger partial charge in [-0.05, 0) is 23.6 Å². The highest BCUT2D eigenvalue weighted by Crippen LogP contribution is 2.28. The molecule has 0 radical (unpaired) electrons. The fourth-order valence-corrected chi connectivity index (χ4v) is 4.29. The number of carbonyl (C=O) groups excluding carboxylic acids is 2. The van der Waals surface area contributed by atoms with Gasteiger partial charge in [0.1, 0.15) is 12.1 Å². The van der Waals surface area contributed by atoms with E-state index in [4.69, 9.17) is 11.6 Å². The quantitative estimate of drug-likeness (QED) is 0.550. The van der Waals surface area contributed by atoms with Crippen molar-refractivity contribution >= 4 is 23.4 Å². The topological polar surface area (TPSA) is 118 Å². The molecule has 11 heteroatoms. The Labute approximate surface area is 198 Å². The van der Waals surface area contributed by atoms with Gasteiger partial charge in [-0.3, -0.25) is 14.4 Å². The number of halogens is 2. The summed E-state index contributed by atoms with van der Waals surface area (Å²) in [5.74, 6) is -2.54. The van der Waals surface area contributed by atoms with E-state index < -0.39 is 28.8 Å². The molecule has 9 nitrogen and oxygen atoms in total. The zero-order valence-corrected chi connectivity index (χ0v) is 19.2. The molecule has 0 atom stereocenters. The van der Waals surface area contributed by atoms with Crippen molar-refractivity contribution in [2.75, 3.05) is 6.54 Å². The number of nitrogens with zero attached hydrogens (tertiary/aromatic N) is 3. The van der Waals surface area contributed by atoms with Gasteiger partial charge in [-0.15, -0.1) is 0 Å². The van der Waals surface area contributed by atoms with E-state index in [1.165, 1.54) is 35.4 Å². The van der Waals surface area contributed by atoms with Gasteiger partial charge in [0.25, 0.3) is 11.8 Å². The lowest BCUT2D eigenvalue weighted by Gasteiger charge is -2.33. The van der Waals surface area contributed by atoms with Crippen molar-refractivity contribution < 1.29 is 23.6 Å². The number of pyridine rings is 1. The largest absolute Gasteiger partial charge is 0.503 e. The number of amides is 2. The Morgan fingerprint density at radius 2 is 2.06 bits per heavy atom. The van der Waals surface area contributed by atoms with Gasteiger partial charge in [-0.2, -0.15) is 0 Å². The van der Waals surface area contributed by atoms with Crippen LogP contribution in [0.25, 0.3) is 0 Å². The molecular weight excluding hydrogens is 467 g/mol. The summed E-state index contributed by atoms with van der Waals surface area (Å²) in [5.41, 5.74) is 0.613. The first-order valence-electron chi connectivity index (χ1n) is 10.6. The second-order valence-electron chi connectivity index (χ2n) is 8.24. The van der Waals surface area contributed by atoms with Crippen LogP contribution in [0.1, 0.15) is 57.6 Å². The monoisotopic (exact) mass is 488 g/mol. The molecule has 1 aliphatic rings. The second kappa shape index (κ2) is 9.30. The molecule has 0 saturated heterocycles. The van der Waals surface area contributed by atoms with Crippen LogP contribution in [0.4, 0.5) is 4.39 Å². The van der Waals surface area contributed by atoms with Crippen LogP contribution in [-0.4, -0.2) is 38.1 Å². The Bertz CT molecular complexity index is 1320. The van der Waals surface area contributed by atoms with Crippen LogP contribution in [0.15, 0.2) is 39.8 Å². The van der Waals surface area contributed by atoms with Gasteiger partial charge in [-0.25, -0.2) is 4.39 Å². The number of fused-ring (bicyclic) bond motifs is 1. The lowest BCUT2D eigenvalue weighted by atomic mass is 9.97. The number of rotatable bonds is 6. The summed E-state index contributed by atoms with van der Waals surface area (Å²) in [7, 11) is 0. The molecule has 2 aromatic heterocycles. The smallest absolute Gasteiger partial charge is 0.274 e. The van der Waals surface area contributed by atoms with Crippen molar-refractivity contribution in [3.05, 3.63) is 79.8 Å². The summed E-state index contributed by atoms with van der Waals surface area (Å²) < 4.78 is 19.8. The van der Waals surface area contributed by atoms with E-state index >= 15 is 0 Å². The average molecular weight is 489 g/mol. The highest BCUT2D eigenvalue weighted by Gasteiger charge is 2.33. The number of aromatic nitrogens is 2. The summed E-state index contributed by atoms with van der Waals surface area (Å²) in [6, 6.07) is 5.56. The van der Waals surface area contributed by atoms with Crippen LogP contribution in [0.5, 0.6) is 5.75 Å². The fourth-order valence-electron chi connectivity index (χ4n) is 4.09. The maximum absolute atomic E-state index is 13.5. The predicted molar refractivity (Wildman–Crippen MR) is 120 cm³/mol. The molecular formula is C23H22ClFN4O5. The highest BCUT2D eigenvalue weighted by molar-refractivity contribution is 6.30. The van der Waals surface area contributed by atoms with E-state index in [1.54, 1.807) is 18.4 Å². The van der Waals surface area contributed by atoms with E-state index in [9.17, 15) is 23.9 Å². The molecule has 3 aromatic rings. The van der Waals surface area contributed by atoms with Crippen molar-refractivity contribution in [3.8, 4) is 5.75 Å². The first-order chi connectivity index (χ1) is 16.2. The van der Waals surface area contributed by atoms with Gasteiger partial charge >= 0.3 is 0 Å². The standard InChI is InChI=1S/C23H22ClFN4O5/c1-12(2)18-17(10-26-22(32)16-5-8-34-27-16)29-7-6-28(23(33)19(29)21(31)20(18)30)11-13-3-4-15(25)14(24)9-13/h3-5,8-9,12,31H,6-7,10-11H2,1-2H3,(H,26,32). The Kier molecular flexibility index (Phi) is 6.43. The normalized spacial score (nSPS) is 13.3. The van der Waals surface area contributed by atoms with Gasteiger partial charge in [0.15, 0.2) is 17.1 Å². The molecule has 1 aliphatic heterocycles. The zero-order valence-electron chi connectivity index (χ0n) is 18.5. The number of nitrogens with one attached hydrogen (secondary N) is 1. The zero-order chi connectivity index (χ0) is 24.6.